The van der Waals surface area contributed by atoms with Crippen molar-refractivity contribution in [3.05, 3.63) is 0 Å². The van der Waals surface area contributed by atoms with Crippen LogP contribution in [0.3, 0.4) is 0 Å². The molecule has 8 N–H and O–H groups in total. The van der Waals surface area contributed by atoms with E-state index in [0.717, 1.165) is 70.9 Å². The number of aliphatic hydroxyl groups is 3. The molecule has 0 aliphatic heterocycles. The molecule has 0 heterocycles. The zero-order valence-corrected chi connectivity index (χ0v) is 23.7. The first-order valence-corrected chi connectivity index (χ1v) is 15.2. The smallest absolute Gasteiger partial charge is 0.303 e. The van der Waals surface area contributed by atoms with E-state index in [2.05, 4.69) is 20.8 Å². The number of hydrogen-bond donors (Lipinski definition) is 6. The highest BCUT2D eigenvalue weighted by molar-refractivity contribution is 5.66. The van der Waals surface area contributed by atoms with Gasteiger partial charge in [-0.3, -0.25) is 4.79 Å². The fraction of sp³-hybridized carbons (Fsp3) is 0.967. The molecule has 0 aromatic carbocycles. The van der Waals surface area contributed by atoms with Gasteiger partial charge >= 0.3 is 5.97 Å². The van der Waals surface area contributed by atoms with Gasteiger partial charge in [0.15, 0.2) is 0 Å². The van der Waals surface area contributed by atoms with Gasteiger partial charge in [0, 0.05) is 6.42 Å². The van der Waals surface area contributed by atoms with Crippen molar-refractivity contribution < 1.29 is 25.2 Å². The first kappa shape index (κ1) is 30.8. The van der Waals surface area contributed by atoms with Gasteiger partial charge in [-0.25, -0.2) is 0 Å². The predicted molar refractivity (Wildman–Crippen MR) is 147 cm³/mol. The van der Waals surface area contributed by atoms with Crippen LogP contribution in [0.5, 0.6) is 0 Å². The van der Waals surface area contributed by atoms with E-state index < -0.39 is 12.1 Å². The summed E-state index contributed by atoms with van der Waals surface area (Å²) in [7, 11) is 0. The molecule has 37 heavy (non-hydrogen) atoms. The lowest BCUT2D eigenvalue weighted by atomic mass is 9.43. The number of carboxylic acid groups (broad SMARTS) is 1. The van der Waals surface area contributed by atoms with Crippen molar-refractivity contribution >= 4 is 5.97 Å². The lowest BCUT2D eigenvalue weighted by Crippen LogP contribution is -2.62. The van der Waals surface area contributed by atoms with Gasteiger partial charge < -0.3 is 31.9 Å². The Hall–Kier alpha value is -0.730. The van der Waals surface area contributed by atoms with E-state index in [1.54, 1.807) is 0 Å². The Morgan fingerprint density at radius 3 is 2.16 bits per heavy atom. The van der Waals surface area contributed by atoms with E-state index in [4.69, 9.17) is 16.6 Å². The molecular weight excluding hydrogens is 468 g/mol. The van der Waals surface area contributed by atoms with Gasteiger partial charge in [-0.1, -0.05) is 33.6 Å². The van der Waals surface area contributed by atoms with Crippen molar-refractivity contribution in [3.8, 4) is 0 Å². The number of unbranched alkanes of at least 4 members (excludes halogenated alkanes) is 3. The SMILES string of the molecule is C[C@H](CCC(=O)O)[C@H]1CCC2C3C(C[C@H](O)[C@@]21C)[C@@]1(C)CC[C@@H](O)C[C@H]1C[C@H]3O.NCCCCCCN. The first-order chi connectivity index (χ1) is 17.5. The average Bonchev–Trinajstić information content (AvgIpc) is 3.21. The van der Waals surface area contributed by atoms with Gasteiger partial charge in [-0.15, -0.1) is 0 Å². The van der Waals surface area contributed by atoms with Gasteiger partial charge in [0.2, 0.25) is 0 Å². The summed E-state index contributed by atoms with van der Waals surface area (Å²) in [6, 6.07) is 0. The molecule has 4 saturated carbocycles. The van der Waals surface area contributed by atoms with E-state index in [1.165, 1.54) is 12.8 Å². The normalized spacial score (nSPS) is 43.6. The first-order valence-electron chi connectivity index (χ1n) is 15.2. The van der Waals surface area contributed by atoms with Crippen LogP contribution in [-0.2, 0) is 4.79 Å². The molecule has 0 saturated heterocycles. The Bertz CT molecular complexity index is 731. The number of carbonyl (C=O) groups is 1. The molecular formula is C30H56N2O5. The second-order valence-electron chi connectivity index (χ2n) is 13.4. The zero-order chi connectivity index (χ0) is 27.4. The lowest BCUT2D eigenvalue weighted by molar-refractivity contribution is -0.207. The number of fused-ring (bicyclic) bond motifs is 5. The molecule has 4 rings (SSSR count). The van der Waals surface area contributed by atoms with Crippen LogP contribution in [0.15, 0.2) is 0 Å². The van der Waals surface area contributed by atoms with Crippen LogP contribution in [-0.4, -0.2) is 57.8 Å². The molecule has 0 aromatic heterocycles. The number of rotatable bonds is 9. The Kier molecular flexibility index (Phi) is 10.9. The number of nitrogens with two attached hydrogens (primary N) is 2. The van der Waals surface area contributed by atoms with E-state index in [-0.39, 0.29) is 41.3 Å². The Balaban J connectivity index is 0.000000414. The number of aliphatic hydroxyl groups excluding tert-OH is 3. The van der Waals surface area contributed by atoms with Crippen LogP contribution in [0, 0.1) is 46.3 Å². The Labute approximate surface area is 224 Å². The summed E-state index contributed by atoms with van der Waals surface area (Å²) >= 11 is 0. The van der Waals surface area contributed by atoms with E-state index in [9.17, 15) is 20.1 Å². The number of aliphatic carboxylic acids is 1. The second kappa shape index (κ2) is 13.1. The molecule has 216 valence electrons. The molecule has 7 heteroatoms. The Morgan fingerprint density at radius 2 is 1.57 bits per heavy atom. The molecule has 3 unspecified atom stereocenters. The molecule has 7 nitrogen and oxygen atoms in total. The van der Waals surface area contributed by atoms with Crippen molar-refractivity contribution in [2.75, 3.05) is 13.1 Å². The maximum Gasteiger partial charge on any atom is 0.303 e. The summed E-state index contributed by atoms with van der Waals surface area (Å²) in [5.74, 6) is 0.997. The highest BCUT2D eigenvalue weighted by Crippen LogP contribution is 2.68. The predicted octanol–water partition coefficient (Wildman–Crippen LogP) is 3.91. The molecule has 4 aliphatic carbocycles. The minimum absolute atomic E-state index is 0.0957. The van der Waals surface area contributed by atoms with Crippen LogP contribution in [0.25, 0.3) is 0 Å². The van der Waals surface area contributed by atoms with Gasteiger partial charge in [-0.05, 0) is 124 Å². The molecule has 0 radical (unpaired) electrons. The molecule has 4 fully saturated rings. The maximum atomic E-state index is 11.5. The summed E-state index contributed by atoms with van der Waals surface area (Å²) in [6.07, 6.45) is 10.8. The lowest BCUT2D eigenvalue weighted by Gasteiger charge is -2.63. The minimum atomic E-state index is -0.748. The largest absolute Gasteiger partial charge is 0.481 e. The van der Waals surface area contributed by atoms with Crippen LogP contribution in [0.1, 0.15) is 104 Å². The van der Waals surface area contributed by atoms with E-state index in [1.807, 2.05) is 0 Å². The summed E-state index contributed by atoms with van der Waals surface area (Å²) in [4.78, 5) is 11.1. The average molecular weight is 525 g/mol. The van der Waals surface area contributed by atoms with Gasteiger partial charge in [-0.2, -0.15) is 0 Å². The van der Waals surface area contributed by atoms with Crippen molar-refractivity contribution in [2.24, 2.45) is 57.8 Å². The topological polar surface area (TPSA) is 150 Å². The summed E-state index contributed by atoms with van der Waals surface area (Å²) in [5.41, 5.74) is 10.4. The van der Waals surface area contributed by atoms with Gasteiger partial charge in [0.1, 0.15) is 0 Å². The third-order valence-corrected chi connectivity index (χ3v) is 11.5. The summed E-state index contributed by atoms with van der Waals surface area (Å²) < 4.78 is 0. The summed E-state index contributed by atoms with van der Waals surface area (Å²) in [6.45, 7) is 8.37. The third kappa shape index (κ3) is 6.37. The standard InChI is InChI=1S/C24H40O5.C6H16N2/c1-13(4-7-21(28)29)16-5-6-17-22-18(12-20(27)24(16,17)3)23(2)9-8-15(25)10-14(23)11-19(22)26;7-5-3-1-2-4-6-8/h13-20,22,25-27H,4-12H2,1-3H3,(H,28,29);1-8H2/t13-,14+,15-,16-,17?,18?,19-,20+,22?,23+,24-;/m1./s1. The zero-order valence-electron chi connectivity index (χ0n) is 23.7. The summed E-state index contributed by atoms with van der Waals surface area (Å²) in [5, 5.41) is 42.0. The molecule has 0 spiro atoms. The van der Waals surface area contributed by atoms with Crippen LogP contribution in [0.4, 0.5) is 0 Å². The van der Waals surface area contributed by atoms with Crippen molar-refractivity contribution in [3.63, 3.8) is 0 Å². The fourth-order valence-electron chi connectivity index (χ4n) is 9.33. The number of carboxylic acids is 1. The molecule has 0 amide bonds. The number of hydrogen-bond acceptors (Lipinski definition) is 6. The molecule has 0 aromatic rings. The van der Waals surface area contributed by atoms with Crippen molar-refractivity contribution in [2.45, 2.75) is 123 Å². The highest BCUT2D eigenvalue weighted by Gasteiger charge is 2.65. The monoisotopic (exact) mass is 524 g/mol. The van der Waals surface area contributed by atoms with Crippen LogP contribution < -0.4 is 11.5 Å². The van der Waals surface area contributed by atoms with E-state index in [0.29, 0.717) is 30.1 Å². The third-order valence-electron chi connectivity index (χ3n) is 11.5. The molecule has 11 atom stereocenters. The molecule has 4 aliphatic rings. The van der Waals surface area contributed by atoms with Gasteiger partial charge in [0.05, 0.1) is 18.3 Å². The molecule has 0 bridgehead atoms. The Morgan fingerprint density at radius 1 is 0.919 bits per heavy atom. The second-order valence-corrected chi connectivity index (χ2v) is 13.4. The van der Waals surface area contributed by atoms with Crippen molar-refractivity contribution in [1.82, 2.24) is 0 Å². The van der Waals surface area contributed by atoms with Crippen LogP contribution >= 0.6 is 0 Å². The quantitative estimate of drug-likeness (QED) is 0.250. The fourth-order valence-corrected chi connectivity index (χ4v) is 9.33. The minimum Gasteiger partial charge on any atom is -0.481 e. The van der Waals surface area contributed by atoms with Crippen molar-refractivity contribution in [1.29, 1.82) is 0 Å². The van der Waals surface area contributed by atoms with Crippen LogP contribution in [0.2, 0.25) is 0 Å². The van der Waals surface area contributed by atoms with E-state index >= 15 is 0 Å². The van der Waals surface area contributed by atoms with Gasteiger partial charge in [0.25, 0.3) is 0 Å². The highest BCUT2D eigenvalue weighted by atomic mass is 16.4. The maximum absolute atomic E-state index is 11.5.